The van der Waals surface area contributed by atoms with Crippen molar-refractivity contribution >= 4 is 12.0 Å². The van der Waals surface area contributed by atoms with Gasteiger partial charge in [-0.15, -0.1) is 6.58 Å². The van der Waals surface area contributed by atoms with Gasteiger partial charge in [0.2, 0.25) is 0 Å². The van der Waals surface area contributed by atoms with Gasteiger partial charge in [0.05, 0.1) is 0 Å². The molecule has 17 heavy (non-hydrogen) atoms. The molecule has 0 aliphatic heterocycles. The molecule has 1 atom stereocenters. The Hall–Kier alpha value is -1.52. The number of carbonyl (C=O) groups is 2. The van der Waals surface area contributed by atoms with Gasteiger partial charge in [-0.3, -0.25) is 0 Å². The number of aliphatic carboxylic acids is 1. The van der Waals surface area contributed by atoms with Crippen LogP contribution in [0, 0.1) is 0 Å². The largest absolute Gasteiger partial charge is 0.480 e. The van der Waals surface area contributed by atoms with Gasteiger partial charge in [0.1, 0.15) is 5.54 Å². The van der Waals surface area contributed by atoms with Crippen LogP contribution in [0.5, 0.6) is 0 Å². The minimum absolute atomic E-state index is 0.335. The number of rotatable bonds is 7. The molecule has 0 saturated carbocycles. The molecular formula is C12H22N2O3. The first kappa shape index (κ1) is 15.5. The Morgan fingerprint density at radius 2 is 2.06 bits per heavy atom. The summed E-state index contributed by atoms with van der Waals surface area (Å²) in [5, 5.41) is 11.6. The third kappa shape index (κ3) is 4.46. The second-order valence-electron chi connectivity index (χ2n) is 4.16. The van der Waals surface area contributed by atoms with Gasteiger partial charge >= 0.3 is 12.0 Å². The van der Waals surface area contributed by atoms with Crippen molar-refractivity contribution in [1.82, 2.24) is 10.2 Å². The Balaban J connectivity index is 4.67. The lowest BCUT2D eigenvalue weighted by molar-refractivity contribution is -0.143. The predicted octanol–water partition coefficient (Wildman–Crippen LogP) is 1.85. The number of amides is 2. The number of nitrogens with one attached hydrogen (secondary N) is 1. The molecule has 0 spiro atoms. The van der Waals surface area contributed by atoms with Gasteiger partial charge in [-0.1, -0.05) is 19.9 Å². The van der Waals surface area contributed by atoms with Crippen LogP contribution in [0.3, 0.4) is 0 Å². The zero-order chi connectivity index (χ0) is 13.5. The van der Waals surface area contributed by atoms with Crippen LogP contribution in [0.4, 0.5) is 4.79 Å². The molecule has 0 radical (unpaired) electrons. The van der Waals surface area contributed by atoms with Crippen LogP contribution in [0.25, 0.3) is 0 Å². The zero-order valence-electron chi connectivity index (χ0n) is 10.8. The highest BCUT2D eigenvalue weighted by atomic mass is 16.4. The summed E-state index contributed by atoms with van der Waals surface area (Å²) in [7, 11) is 0. The van der Waals surface area contributed by atoms with Crippen molar-refractivity contribution in [2.75, 3.05) is 13.1 Å². The molecule has 0 heterocycles. The highest BCUT2D eigenvalue weighted by Crippen LogP contribution is 2.10. The maximum atomic E-state index is 11.9. The number of carboxylic acids is 1. The lowest BCUT2D eigenvalue weighted by Crippen LogP contribution is -2.55. The first-order valence-electron chi connectivity index (χ1n) is 5.82. The molecule has 0 aromatic carbocycles. The van der Waals surface area contributed by atoms with Gasteiger partial charge in [0.25, 0.3) is 0 Å². The summed E-state index contributed by atoms with van der Waals surface area (Å²) in [5.74, 6) is -1.02. The molecule has 2 amide bonds. The summed E-state index contributed by atoms with van der Waals surface area (Å²) in [6, 6.07) is -0.362. The maximum Gasteiger partial charge on any atom is 0.329 e. The molecule has 1 unspecified atom stereocenters. The molecule has 0 rings (SSSR count). The second kappa shape index (κ2) is 6.93. The van der Waals surface area contributed by atoms with E-state index in [2.05, 4.69) is 11.9 Å². The van der Waals surface area contributed by atoms with Gasteiger partial charge in [-0.25, -0.2) is 9.59 Å². The van der Waals surface area contributed by atoms with Crippen LogP contribution in [-0.2, 0) is 4.79 Å². The SMILES string of the molecule is C=CCN(CCC)C(=O)NC(C)(CC)C(=O)O. The Kier molecular flexibility index (Phi) is 6.31. The number of carbonyl (C=O) groups excluding carboxylic acids is 1. The van der Waals surface area contributed by atoms with Crippen LogP contribution in [0.1, 0.15) is 33.6 Å². The molecule has 0 aliphatic carbocycles. The van der Waals surface area contributed by atoms with Gasteiger partial charge in [-0.05, 0) is 19.8 Å². The van der Waals surface area contributed by atoms with Crippen molar-refractivity contribution in [3.8, 4) is 0 Å². The van der Waals surface area contributed by atoms with Crippen molar-refractivity contribution in [2.45, 2.75) is 39.2 Å². The van der Waals surface area contributed by atoms with Gasteiger partial charge in [0, 0.05) is 13.1 Å². The number of urea groups is 1. The van der Waals surface area contributed by atoms with Crippen LogP contribution in [-0.4, -0.2) is 40.6 Å². The molecule has 0 aliphatic rings. The molecule has 0 aromatic heterocycles. The molecule has 5 nitrogen and oxygen atoms in total. The topological polar surface area (TPSA) is 69.6 Å². The summed E-state index contributed by atoms with van der Waals surface area (Å²) in [6.07, 6.45) is 2.78. The van der Waals surface area contributed by atoms with Gasteiger partial charge < -0.3 is 15.3 Å². The normalized spacial score (nSPS) is 13.6. The van der Waals surface area contributed by atoms with Gasteiger partial charge in [0.15, 0.2) is 0 Å². The van der Waals surface area contributed by atoms with E-state index in [0.717, 1.165) is 6.42 Å². The van der Waals surface area contributed by atoms with E-state index in [0.29, 0.717) is 19.5 Å². The van der Waals surface area contributed by atoms with E-state index in [1.807, 2.05) is 6.92 Å². The van der Waals surface area contributed by atoms with E-state index < -0.39 is 11.5 Å². The monoisotopic (exact) mass is 242 g/mol. The van der Waals surface area contributed by atoms with E-state index in [1.165, 1.54) is 6.92 Å². The number of hydrogen-bond donors (Lipinski definition) is 2. The highest BCUT2D eigenvalue weighted by molar-refractivity contribution is 5.85. The average molecular weight is 242 g/mol. The van der Waals surface area contributed by atoms with Crippen molar-refractivity contribution in [1.29, 1.82) is 0 Å². The number of carboxylic acid groups (broad SMARTS) is 1. The summed E-state index contributed by atoms with van der Waals surface area (Å²) < 4.78 is 0. The quantitative estimate of drug-likeness (QED) is 0.669. The molecule has 0 fully saturated rings. The third-order valence-corrected chi connectivity index (χ3v) is 2.69. The second-order valence-corrected chi connectivity index (χ2v) is 4.16. The van der Waals surface area contributed by atoms with Gasteiger partial charge in [-0.2, -0.15) is 0 Å². The predicted molar refractivity (Wildman–Crippen MR) is 66.9 cm³/mol. The van der Waals surface area contributed by atoms with Crippen LogP contribution in [0.2, 0.25) is 0 Å². The average Bonchev–Trinajstić information content (AvgIpc) is 2.28. The summed E-state index contributed by atoms with van der Waals surface area (Å²) in [5.41, 5.74) is -1.22. The van der Waals surface area contributed by atoms with E-state index in [1.54, 1.807) is 17.9 Å². The number of nitrogens with zero attached hydrogens (tertiary/aromatic N) is 1. The van der Waals surface area contributed by atoms with Crippen LogP contribution in [0.15, 0.2) is 12.7 Å². The van der Waals surface area contributed by atoms with E-state index in [9.17, 15) is 9.59 Å². The summed E-state index contributed by atoms with van der Waals surface area (Å²) in [6.45, 7) is 9.77. The van der Waals surface area contributed by atoms with Crippen molar-refractivity contribution in [3.05, 3.63) is 12.7 Å². The Morgan fingerprint density at radius 3 is 2.41 bits per heavy atom. The van der Waals surface area contributed by atoms with Crippen LogP contribution < -0.4 is 5.32 Å². The van der Waals surface area contributed by atoms with E-state index in [-0.39, 0.29) is 6.03 Å². The fourth-order valence-electron chi connectivity index (χ4n) is 1.31. The Bertz CT molecular complexity index is 291. The van der Waals surface area contributed by atoms with Crippen molar-refractivity contribution in [2.24, 2.45) is 0 Å². The fourth-order valence-corrected chi connectivity index (χ4v) is 1.31. The minimum Gasteiger partial charge on any atom is -0.480 e. The van der Waals surface area contributed by atoms with E-state index >= 15 is 0 Å². The molecule has 2 N–H and O–H groups in total. The molecule has 0 saturated heterocycles. The Morgan fingerprint density at radius 1 is 1.47 bits per heavy atom. The first-order valence-corrected chi connectivity index (χ1v) is 5.82. The minimum atomic E-state index is -1.22. The summed E-state index contributed by atoms with van der Waals surface area (Å²) >= 11 is 0. The summed E-state index contributed by atoms with van der Waals surface area (Å²) in [4.78, 5) is 24.5. The molecular weight excluding hydrogens is 220 g/mol. The Labute approximate surface area is 102 Å². The molecule has 5 heteroatoms. The molecule has 0 bridgehead atoms. The first-order chi connectivity index (χ1) is 7.91. The fraction of sp³-hybridized carbons (Fsp3) is 0.667. The third-order valence-electron chi connectivity index (χ3n) is 2.69. The van der Waals surface area contributed by atoms with Crippen LogP contribution >= 0.6 is 0 Å². The molecule has 98 valence electrons. The maximum absolute atomic E-state index is 11.9. The zero-order valence-corrected chi connectivity index (χ0v) is 10.8. The molecule has 0 aromatic rings. The van der Waals surface area contributed by atoms with E-state index in [4.69, 9.17) is 5.11 Å². The standard InChI is InChI=1S/C12H22N2O3/c1-5-8-14(9-6-2)11(17)13-12(4,7-3)10(15)16/h5H,1,6-9H2,2-4H3,(H,13,17)(H,15,16). The lowest BCUT2D eigenvalue weighted by Gasteiger charge is -2.29. The number of hydrogen-bond acceptors (Lipinski definition) is 2. The highest BCUT2D eigenvalue weighted by Gasteiger charge is 2.33. The van der Waals surface area contributed by atoms with Crippen molar-refractivity contribution in [3.63, 3.8) is 0 Å². The smallest absolute Gasteiger partial charge is 0.329 e. The lowest BCUT2D eigenvalue weighted by atomic mass is 10.00. The van der Waals surface area contributed by atoms with Crippen molar-refractivity contribution < 1.29 is 14.7 Å².